The summed E-state index contributed by atoms with van der Waals surface area (Å²) in [6, 6.07) is 15.4. The number of carbonyl (C=O) groups excluding carboxylic acids is 3. The SMILES string of the molecule is CCOC(=O)COc1ccccc1CC1C2CCC(O2)C1C(=O)NC(CO)C(=O)OCc1ccccc1. The van der Waals surface area contributed by atoms with Crippen LogP contribution in [-0.2, 0) is 41.6 Å². The highest BCUT2D eigenvalue weighted by atomic mass is 16.6. The van der Waals surface area contributed by atoms with Crippen molar-refractivity contribution in [1.29, 1.82) is 0 Å². The number of aliphatic hydroxyl groups excluding tert-OH is 1. The number of para-hydroxylation sites is 1. The van der Waals surface area contributed by atoms with Crippen LogP contribution in [0.1, 0.15) is 30.9 Å². The lowest BCUT2D eigenvalue weighted by molar-refractivity contribution is -0.151. The van der Waals surface area contributed by atoms with Gasteiger partial charge in [0.1, 0.15) is 12.4 Å². The van der Waals surface area contributed by atoms with Crippen LogP contribution in [0.5, 0.6) is 5.75 Å². The maximum atomic E-state index is 13.4. The quantitative estimate of drug-likeness (QED) is 0.416. The van der Waals surface area contributed by atoms with E-state index >= 15 is 0 Å². The fraction of sp³-hybridized carbons (Fsp3) is 0.464. The van der Waals surface area contributed by atoms with Crippen LogP contribution >= 0.6 is 0 Å². The fourth-order valence-corrected chi connectivity index (χ4v) is 5.08. The minimum Gasteiger partial charge on any atom is -0.482 e. The number of amides is 1. The second-order valence-electron chi connectivity index (χ2n) is 9.22. The third-order valence-electron chi connectivity index (χ3n) is 6.81. The number of esters is 2. The first-order valence-corrected chi connectivity index (χ1v) is 12.6. The molecule has 2 N–H and O–H groups in total. The molecule has 2 aliphatic heterocycles. The molecular weight excluding hydrogens is 478 g/mol. The van der Waals surface area contributed by atoms with Crippen molar-refractivity contribution in [1.82, 2.24) is 5.32 Å². The minimum atomic E-state index is -1.17. The molecule has 2 aliphatic rings. The Balaban J connectivity index is 1.40. The number of nitrogens with one attached hydrogen (secondary N) is 1. The van der Waals surface area contributed by atoms with E-state index in [1.54, 1.807) is 13.0 Å². The lowest BCUT2D eigenvalue weighted by Gasteiger charge is -2.29. The van der Waals surface area contributed by atoms with Crippen molar-refractivity contribution in [3.8, 4) is 5.75 Å². The largest absolute Gasteiger partial charge is 0.482 e. The van der Waals surface area contributed by atoms with Crippen LogP contribution in [0, 0.1) is 11.8 Å². The second-order valence-corrected chi connectivity index (χ2v) is 9.22. The molecule has 2 aromatic carbocycles. The molecule has 2 heterocycles. The van der Waals surface area contributed by atoms with Gasteiger partial charge in [-0.25, -0.2) is 9.59 Å². The maximum Gasteiger partial charge on any atom is 0.344 e. The number of benzene rings is 2. The summed E-state index contributed by atoms with van der Waals surface area (Å²) >= 11 is 0. The van der Waals surface area contributed by atoms with E-state index in [-0.39, 0.29) is 43.9 Å². The fourth-order valence-electron chi connectivity index (χ4n) is 5.08. The van der Waals surface area contributed by atoms with E-state index in [1.807, 2.05) is 48.5 Å². The van der Waals surface area contributed by atoms with E-state index < -0.39 is 30.5 Å². The van der Waals surface area contributed by atoms with Crippen molar-refractivity contribution < 1.29 is 38.4 Å². The summed E-state index contributed by atoms with van der Waals surface area (Å²) in [5, 5.41) is 12.5. The van der Waals surface area contributed by atoms with Gasteiger partial charge >= 0.3 is 11.9 Å². The molecule has 2 saturated heterocycles. The van der Waals surface area contributed by atoms with Gasteiger partial charge in [0.2, 0.25) is 5.91 Å². The molecule has 2 fully saturated rings. The Bertz CT molecular complexity index is 1070. The van der Waals surface area contributed by atoms with Crippen molar-refractivity contribution in [2.75, 3.05) is 19.8 Å². The van der Waals surface area contributed by atoms with E-state index in [1.165, 1.54) is 0 Å². The van der Waals surface area contributed by atoms with Crippen molar-refractivity contribution >= 4 is 17.8 Å². The maximum absolute atomic E-state index is 13.4. The van der Waals surface area contributed by atoms with Crippen molar-refractivity contribution in [3.05, 3.63) is 65.7 Å². The highest BCUT2D eigenvalue weighted by Gasteiger charge is 2.52. The van der Waals surface area contributed by atoms with Crippen molar-refractivity contribution in [2.24, 2.45) is 11.8 Å². The van der Waals surface area contributed by atoms with Gasteiger partial charge in [-0.05, 0) is 43.4 Å². The van der Waals surface area contributed by atoms with E-state index in [0.29, 0.717) is 12.2 Å². The normalized spacial score (nSPS) is 22.8. The molecular formula is C28H33NO8. The van der Waals surface area contributed by atoms with Crippen LogP contribution in [0.2, 0.25) is 0 Å². The molecule has 5 unspecified atom stereocenters. The number of hydrogen-bond acceptors (Lipinski definition) is 8. The van der Waals surface area contributed by atoms with E-state index in [0.717, 1.165) is 24.0 Å². The molecule has 0 spiro atoms. The van der Waals surface area contributed by atoms with Crippen LogP contribution in [0.15, 0.2) is 54.6 Å². The van der Waals surface area contributed by atoms with E-state index in [2.05, 4.69) is 5.32 Å². The molecule has 0 saturated carbocycles. The average Bonchev–Trinajstić information content (AvgIpc) is 3.52. The van der Waals surface area contributed by atoms with Gasteiger partial charge < -0.3 is 29.4 Å². The molecule has 2 aromatic rings. The summed E-state index contributed by atoms with van der Waals surface area (Å²) in [6.07, 6.45) is 1.73. The smallest absolute Gasteiger partial charge is 0.344 e. The first-order chi connectivity index (χ1) is 18.0. The van der Waals surface area contributed by atoms with Crippen molar-refractivity contribution in [3.63, 3.8) is 0 Å². The van der Waals surface area contributed by atoms with Crippen LogP contribution in [0.3, 0.4) is 0 Å². The molecule has 5 atom stereocenters. The highest BCUT2D eigenvalue weighted by molar-refractivity contribution is 5.86. The molecule has 0 radical (unpaired) electrons. The van der Waals surface area contributed by atoms with Gasteiger partial charge in [0.05, 0.1) is 31.3 Å². The Morgan fingerprint density at radius 1 is 1.03 bits per heavy atom. The topological polar surface area (TPSA) is 120 Å². The zero-order valence-corrected chi connectivity index (χ0v) is 20.8. The third kappa shape index (κ3) is 6.67. The molecule has 198 valence electrons. The Morgan fingerprint density at radius 3 is 2.51 bits per heavy atom. The lowest BCUT2D eigenvalue weighted by atomic mass is 9.75. The van der Waals surface area contributed by atoms with Gasteiger partial charge in [-0.15, -0.1) is 0 Å². The monoisotopic (exact) mass is 511 g/mol. The molecule has 9 heteroatoms. The molecule has 4 rings (SSSR count). The molecule has 37 heavy (non-hydrogen) atoms. The zero-order chi connectivity index (χ0) is 26.2. The van der Waals surface area contributed by atoms with E-state index in [9.17, 15) is 19.5 Å². The predicted molar refractivity (Wildman–Crippen MR) is 132 cm³/mol. The number of aliphatic hydroxyl groups is 1. The second kappa shape index (κ2) is 12.7. The molecule has 2 bridgehead atoms. The number of carbonyl (C=O) groups is 3. The molecule has 1 amide bonds. The van der Waals surface area contributed by atoms with Gasteiger partial charge in [0.25, 0.3) is 0 Å². The van der Waals surface area contributed by atoms with Gasteiger partial charge in [-0.3, -0.25) is 4.79 Å². The Labute approximate surface area is 216 Å². The van der Waals surface area contributed by atoms with Crippen LogP contribution in [0.25, 0.3) is 0 Å². The molecule has 0 aromatic heterocycles. The van der Waals surface area contributed by atoms with Crippen LogP contribution in [0.4, 0.5) is 0 Å². The third-order valence-corrected chi connectivity index (χ3v) is 6.81. The van der Waals surface area contributed by atoms with Gasteiger partial charge in [-0.1, -0.05) is 48.5 Å². The van der Waals surface area contributed by atoms with Crippen LogP contribution in [-0.4, -0.2) is 61.0 Å². The minimum absolute atomic E-state index is 0.0501. The number of hydrogen-bond donors (Lipinski definition) is 2. The van der Waals surface area contributed by atoms with Gasteiger partial charge in [0, 0.05) is 5.92 Å². The summed E-state index contributed by atoms with van der Waals surface area (Å²) in [5.74, 6) is -1.59. The number of fused-ring (bicyclic) bond motifs is 2. The number of rotatable bonds is 12. The van der Waals surface area contributed by atoms with E-state index in [4.69, 9.17) is 18.9 Å². The first-order valence-electron chi connectivity index (χ1n) is 12.6. The summed E-state index contributed by atoms with van der Waals surface area (Å²) in [5.41, 5.74) is 1.66. The van der Waals surface area contributed by atoms with Crippen LogP contribution < -0.4 is 10.1 Å². The molecule has 0 aliphatic carbocycles. The van der Waals surface area contributed by atoms with Gasteiger partial charge in [-0.2, -0.15) is 0 Å². The molecule has 9 nitrogen and oxygen atoms in total. The first kappa shape index (κ1) is 26.6. The number of ether oxygens (including phenoxy) is 4. The summed E-state index contributed by atoms with van der Waals surface area (Å²) in [7, 11) is 0. The standard InChI is InChI=1S/C28H33NO8/c1-2-34-25(31)17-35-22-11-7-6-10-19(22)14-20-23-12-13-24(37-23)26(20)27(32)29-21(15-30)28(33)36-16-18-8-4-3-5-9-18/h3-11,20-21,23-24,26,30H,2,12-17H2,1H3,(H,29,32). The Kier molecular flexibility index (Phi) is 9.14. The van der Waals surface area contributed by atoms with Crippen molar-refractivity contribution in [2.45, 2.75) is 51.0 Å². The Morgan fingerprint density at radius 2 is 1.76 bits per heavy atom. The lowest BCUT2D eigenvalue weighted by Crippen LogP contribution is -2.50. The Hall–Kier alpha value is -3.43. The summed E-state index contributed by atoms with van der Waals surface area (Å²) in [6.45, 7) is 1.28. The predicted octanol–water partition coefficient (Wildman–Crippen LogP) is 2.19. The highest BCUT2D eigenvalue weighted by Crippen LogP contribution is 2.45. The zero-order valence-electron chi connectivity index (χ0n) is 20.8. The summed E-state index contributed by atoms with van der Waals surface area (Å²) in [4.78, 5) is 37.7. The van der Waals surface area contributed by atoms with Gasteiger partial charge in [0.15, 0.2) is 12.6 Å². The average molecular weight is 512 g/mol. The summed E-state index contributed by atoms with van der Waals surface area (Å²) < 4.78 is 22.0.